The van der Waals surface area contributed by atoms with Crippen LogP contribution in [0.1, 0.15) is 51.4 Å². The van der Waals surface area contributed by atoms with Gasteiger partial charge in [-0.15, -0.1) is 0 Å². The average molecular weight is 473 g/mol. The van der Waals surface area contributed by atoms with Gasteiger partial charge in [0.25, 0.3) is 0 Å². The Hall–Kier alpha value is -1.50. The lowest BCUT2D eigenvalue weighted by atomic mass is 10.0. The highest BCUT2D eigenvalue weighted by Gasteiger charge is 2.69. The molecule has 13 heteroatoms. The van der Waals surface area contributed by atoms with E-state index >= 15 is 0 Å². The van der Waals surface area contributed by atoms with E-state index < -0.39 is 46.5 Å². The Morgan fingerprint density at radius 1 is 0.800 bits per heavy atom. The van der Waals surface area contributed by atoms with E-state index in [0.29, 0.717) is 12.8 Å². The first-order valence-electron chi connectivity index (χ1n) is 8.91. The molecule has 176 valence electrons. The number of pyridine rings is 1. The van der Waals surface area contributed by atoms with Crippen LogP contribution in [0.4, 0.5) is 35.1 Å². The van der Waals surface area contributed by atoms with Crippen molar-refractivity contribution in [3.8, 4) is 0 Å². The van der Waals surface area contributed by atoms with E-state index in [1.165, 1.54) is 0 Å². The maximum atomic E-state index is 13.2. The zero-order valence-corrected chi connectivity index (χ0v) is 16.6. The van der Waals surface area contributed by atoms with Gasteiger partial charge in [-0.2, -0.15) is 39.2 Å². The fourth-order valence-corrected chi connectivity index (χ4v) is 2.68. The molecule has 0 saturated heterocycles. The van der Waals surface area contributed by atoms with Gasteiger partial charge in [-0.3, -0.25) is 9.54 Å². The predicted octanol–water partition coefficient (Wildman–Crippen LogP) is 6.21. The second-order valence-electron chi connectivity index (χ2n) is 6.38. The van der Waals surface area contributed by atoms with Crippen LogP contribution in [0.3, 0.4) is 0 Å². The molecular formula is C17H23F8NO3S. The Labute approximate surface area is 169 Å². The van der Waals surface area contributed by atoms with Crippen LogP contribution in [0.2, 0.25) is 0 Å². The third-order valence-electron chi connectivity index (χ3n) is 3.84. The molecule has 0 radical (unpaired) electrons. The minimum Gasteiger partial charge on any atom is -0.281 e. The molecule has 4 nitrogen and oxygen atoms in total. The number of hydrogen-bond acceptors (Lipinski definition) is 3. The molecule has 1 rings (SSSR count). The minimum atomic E-state index is -6.48. The lowest BCUT2D eigenvalue weighted by molar-refractivity contribution is -0.198. The highest BCUT2D eigenvalue weighted by atomic mass is 32.2. The summed E-state index contributed by atoms with van der Waals surface area (Å²) >= 11 is 0. The maximum absolute atomic E-state index is 13.2. The van der Waals surface area contributed by atoms with Crippen LogP contribution < -0.4 is 0 Å². The Morgan fingerprint density at radius 3 is 1.63 bits per heavy atom. The third kappa shape index (κ3) is 10.5. The molecule has 0 fully saturated rings. The third-order valence-corrected chi connectivity index (χ3v) is 4.76. The van der Waals surface area contributed by atoms with Crippen molar-refractivity contribution in [3.05, 3.63) is 30.6 Å². The first-order chi connectivity index (χ1) is 13.6. The molecule has 0 aromatic carbocycles. The fraction of sp³-hybridized carbons (Fsp3) is 0.706. The van der Waals surface area contributed by atoms with Crippen LogP contribution in [0.5, 0.6) is 0 Å². The zero-order valence-electron chi connectivity index (χ0n) is 15.8. The van der Waals surface area contributed by atoms with Crippen LogP contribution in [0, 0.1) is 0 Å². The van der Waals surface area contributed by atoms with Gasteiger partial charge in [0.2, 0.25) is 0 Å². The van der Waals surface area contributed by atoms with E-state index in [1.807, 2.05) is 18.2 Å². The van der Waals surface area contributed by atoms with Crippen molar-refractivity contribution >= 4 is 10.1 Å². The van der Waals surface area contributed by atoms with Gasteiger partial charge in [-0.25, -0.2) is 4.39 Å². The molecule has 1 aromatic rings. The van der Waals surface area contributed by atoms with Crippen LogP contribution in [0.25, 0.3) is 0 Å². The molecule has 1 aromatic heterocycles. The highest BCUT2D eigenvalue weighted by Crippen LogP contribution is 2.43. The van der Waals surface area contributed by atoms with E-state index in [-0.39, 0.29) is 25.7 Å². The Kier molecular flexibility index (Phi) is 11.8. The van der Waals surface area contributed by atoms with Crippen molar-refractivity contribution < 1.29 is 48.1 Å². The quantitative estimate of drug-likeness (QED) is 0.236. The summed E-state index contributed by atoms with van der Waals surface area (Å²) in [6.45, 7) is 0. The summed E-state index contributed by atoms with van der Waals surface area (Å²) in [5.41, 5.74) is 0. The Bertz CT molecular complexity index is 657. The number of unbranched alkanes of at least 4 members (excludes halogenated alkanes) is 5. The summed E-state index contributed by atoms with van der Waals surface area (Å²) in [5.74, 6) is -5.59. The second kappa shape index (κ2) is 12.4. The lowest BCUT2D eigenvalue weighted by Gasteiger charge is -2.26. The normalized spacial score (nSPS) is 14.0. The van der Waals surface area contributed by atoms with E-state index in [0.717, 1.165) is 0 Å². The van der Waals surface area contributed by atoms with Gasteiger partial charge in [-0.1, -0.05) is 38.2 Å². The van der Waals surface area contributed by atoms with E-state index in [2.05, 4.69) is 4.98 Å². The fourth-order valence-electron chi connectivity index (χ4n) is 2.20. The average Bonchev–Trinajstić information content (AvgIpc) is 2.63. The second-order valence-corrected chi connectivity index (χ2v) is 7.84. The number of alkyl halides is 8. The minimum absolute atomic E-state index is 0.103. The summed E-state index contributed by atoms with van der Waals surface area (Å²) in [7, 11) is -6.48. The maximum Gasteiger partial charge on any atom is 0.434 e. The number of rotatable bonds is 11. The van der Waals surface area contributed by atoms with Crippen molar-refractivity contribution in [1.29, 1.82) is 0 Å². The predicted molar refractivity (Wildman–Crippen MR) is 93.6 cm³/mol. The van der Waals surface area contributed by atoms with Crippen molar-refractivity contribution in [2.45, 2.75) is 74.9 Å². The standard InChI is InChI=1S/C12H18F8O3S.C5H5N/c13-9(11(17,18)12(19,20)24(21,22)23)7-5-3-1-2-4-6-8-10(14,15)16;1-2-4-6-5-3-1/h9H,1-8H2,(H,21,22,23);1-5H. The first kappa shape index (κ1) is 28.5. The molecule has 1 N–H and O–H groups in total. The van der Waals surface area contributed by atoms with Crippen molar-refractivity contribution in [2.75, 3.05) is 0 Å². The molecular weight excluding hydrogens is 450 g/mol. The van der Waals surface area contributed by atoms with Crippen LogP contribution in [0.15, 0.2) is 30.6 Å². The SMILES string of the molecule is O=S(=O)(O)C(F)(F)C(F)(F)C(F)CCCCCCCCC(F)(F)F.c1ccncc1. The summed E-state index contributed by atoms with van der Waals surface area (Å²) in [5, 5.41) is -5.95. The number of aromatic nitrogens is 1. The van der Waals surface area contributed by atoms with Crippen LogP contribution in [-0.4, -0.2) is 41.5 Å². The van der Waals surface area contributed by atoms with Gasteiger partial charge in [-0.05, 0) is 25.0 Å². The van der Waals surface area contributed by atoms with E-state index in [1.54, 1.807) is 12.4 Å². The molecule has 0 aliphatic heterocycles. The van der Waals surface area contributed by atoms with Gasteiger partial charge in [0, 0.05) is 18.8 Å². The van der Waals surface area contributed by atoms with Crippen molar-refractivity contribution in [3.63, 3.8) is 0 Å². The summed E-state index contributed by atoms with van der Waals surface area (Å²) in [6.07, 6.45) is -5.67. The molecule has 1 unspecified atom stereocenters. The van der Waals surface area contributed by atoms with Gasteiger partial charge < -0.3 is 0 Å². The first-order valence-corrected chi connectivity index (χ1v) is 10.4. The van der Waals surface area contributed by atoms with Gasteiger partial charge in [0.1, 0.15) is 0 Å². The molecule has 1 heterocycles. The summed E-state index contributed by atoms with van der Waals surface area (Å²) in [4.78, 5) is 3.78. The highest BCUT2D eigenvalue weighted by molar-refractivity contribution is 7.87. The smallest absolute Gasteiger partial charge is 0.281 e. The van der Waals surface area contributed by atoms with Gasteiger partial charge in [0.05, 0.1) is 0 Å². The topological polar surface area (TPSA) is 67.3 Å². The number of halogens is 8. The molecule has 1 atom stereocenters. The molecule has 0 spiro atoms. The largest absolute Gasteiger partial charge is 0.434 e. The zero-order chi connectivity index (χ0) is 23.5. The Morgan fingerprint density at radius 2 is 1.27 bits per heavy atom. The van der Waals surface area contributed by atoms with E-state index in [9.17, 15) is 43.5 Å². The molecule has 0 amide bonds. The van der Waals surface area contributed by atoms with Crippen LogP contribution in [-0.2, 0) is 10.1 Å². The van der Waals surface area contributed by atoms with Crippen LogP contribution >= 0.6 is 0 Å². The lowest BCUT2D eigenvalue weighted by Crippen LogP contribution is -2.52. The van der Waals surface area contributed by atoms with Crippen molar-refractivity contribution in [2.24, 2.45) is 0 Å². The molecule has 0 aliphatic carbocycles. The Balaban J connectivity index is 0.00000118. The summed E-state index contributed by atoms with van der Waals surface area (Å²) < 4.78 is 129. The van der Waals surface area contributed by atoms with Gasteiger partial charge in [0.15, 0.2) is 6.17 Å². The van der Waals surface area contributed by atoms with Gasteiger partial charge >= 0.3 is 27.5 Å². The number of nitrogens with zero attached hydrogens (tertiary/aromatic N) is 1. The molecule has 0 aliphatic rings. The van der Waals surface area contributed by atoms with E-state index in [4.69, 9.17) is 4.55 Å². The molecule has 30 heavy (non-hydrogen) atoms. The molecule has 0 saturated carbocycles. The number of hydrogen-bond donors (Lipinski definition) is 1. The monoisotopic (exact) mass is 473 g/mol. The summed E-state index contributed by atoms with van der Waals surface area (Å²) in [6, 6.07) is 5.72. The van der Waals surface area contributed by atoms with Crippen molar-refractivity contribution in [1.82, 2.24) is 4.98 Å². The molecule has 0 bridgehead atoms.